The maximum Gasteiger partial charge on any atom is 0.0349 e. The SMILES string of the molecule is NCc1sc2ccccc2c1CN1CC=CCC1. The van der Waals surface area contributed by atoms with Gasteiger partial charge in [-0.05, 0) is 23.4 Å². The first-order chi connectivity index (χ1) is 8.88. The van der Waals surface area contributed by atoms with Crippen LogP contribution in [0, 0.1) is 0 Å². The Labute approximate surface area is 112 Å². The van der Waals surface area contributed by atoms with Gasteiger partial charge in [-0.3, -0.25) is 4.90 Å². The standard InChI is InChI=1S/C15H18N2S/c16-10-15-13(11-17-8-4-1-5-9-17)12-6-2-3-7-14(12)18-15/h1-4,6-7H,5,8-11,16H2. The fourth-order valence-corrected chi connectivity index (χ4v) is 3.64. The lowest BCUT2D eigenvalue weighted by molar-refractivity contribution is 0.291. The van der Waals surface area contributed by atoms with Crippen LogP contribution >= 0.6 is 11.3 Å². The van der Waals surface area contributed by atoms with Crippen LogP contribution in [0.1, 0.15) is 16.9 Å². The lowest BCUT2D eigenvalue weighted by Crippen LogP contribution is -2.27. The molecule has 3 rings (SSSR count). The normalized spacial score (nSPS) is 16.5. The van der Waals surface area contributed by atoms with Crippen molar-refractivity contribution in [3.05, 3.63) is 46.9 Å². The van der Waals surface area contributed by atoms with E-state index in [2.05, 4.69) is 41.3 Å². The summed E-state index contributed by atoms with van der Waals surface area (Å²) in [5.74, 6) is 0. The highest BCUT2D eigenvalue weighted by molar-refractivity contribution is 7.19. The zero-order valence-corrected chi connectivity index (χ0v) is 11.2. The Bertz CT molecular complexity index is 571. The van der Waals surface area contributed by atoms with Crippen molar-refractivity contribution in [1.82, 2.24) is 4.90 Å². The number of fused-ring (bicyclic) bond motifs is 1. The fourth-order valence-electron chi connectivity index (χ4n) is 2.54. The number of benzene rings is 1. The quantitative estimate of drug-likeness (QED) is 0.857. The lowest BCUT2D eigenvalue weighted by Gasteiger charge is -2.23. The average molecular weight is 258 g/mol. The predicted octanol–water partition coefficient (Wildman–Crippen LogP) is 3.12. The molecule has 0 saturated heterocycles. The summed E-state index contributed by atoms with van der Waals surface area (Å²) in [5, 5.41) is 1.39. The van der Waals surface area contributed by atoms with Crippen molar-refractivity contribution in [1.29, 1.82) is 0 Å². The zero-order valence-electron chi connectivity index (χ0n) is 10.4. The van der Waals surface area contributed by atoms with E-state index in [-0.39, 0.29) is 0 Å². The molecule has 1 aromatic heterocycles. The summed E-state index contributed by atoms with van der Waals surface area (Å²) in [6, 6.07) is 8.64. The van der Waals surface area contributed by atoms with Gasteiger partial charge in [-0.1, -0.05) is 30.4 Å². The number of nitrogens with zero attached hydrogens (tertiary/aromatic N) is 1. The van der Waals surface area contributed by atoms with E-state index in [0.717, 1.165) is 19.6 Å². The van der Waals surface area contributed by atoms with Crippen LogP contribution in [0.25, 0.3) is 10.1 Å². The van der Waals surface area contributed by atoms with Gasteiger partial charge in [0.2, 0.25) is 0 Å². The summed E-state index contributed by atoms with van der Waals surface area (Å²) in [7, 11) is 0. The molecule has 3 heteroatoms. The third-order valence-electron chi connectivity index (χ3n) is 3.49. The lowest BCUT2D eigenvalue weighted by atomic mass is 10.1. The molecular weight excluding hydrogens is 240 g/mol. The number of thiophene rings is 1. The first kappa shape index (κ1) is 11.9. The second-order valence-corrected chi connectivity index (χ2v) is 5.84. The molecule has 1 aromatic carbocycles. The monoisotopic (exact) mass is 258 g/mol. The van der Waals surface area contributed by atoms with Gasteiger partial charge in [0, 0.05) is 35.8 Å². The van der Waals surface area contributed by atoms with E-state index in [4.69, 9.17) is 5.73 Å². The van der Waals surface area contributed by atoms with Crippen molar-refractivity contribution < 1.29 is 0 Å². The van der Waals surface area contributed by atoms with E-state index in [1.165, 1.54) is 26.9 Å². The third kappa shape index (κ3) is 2.21. The highest BCUT2D eigenvalue weighted by Gasteiger charge is 2.14. The van der Waals surface area contributed by atoms with Gasteiger partial charge in [-0.25, -0.2) is 0 Å². The van der Waals surface area contributed by atoms with Gasteiger partial charge in [-0.2, -0.15) is 0 Å². The van der Waals surface area contributed by atoms with Gasteiger partial charge in [0.1, 0.15) is 0 Å². The molecule has 1 aliphatic rings. The third-order valence-corrected chi connectivity index (χ3v) is 4.73. The molecule has 0 radical (unpaired) electrons. The minimum Gasteiger partial charge on any atom is -0.326 e. The minimum atomic E-state index is 0.651. The number of rotatable bonds is 3. The molecule has 0 aliphatic carbocycles. The molecule has 2 aromatic rings. The van der Waals surface area contributed by atoms with Crippen LogP contribution in [-0.4, -0.2) is 18.0 Å². The van der Waals surface area contributed by atoms with Crippen LogP contribution in [0.15, 0.2) is 36.4 Å². The summed E-state index contributed by atoms with van der Waals surface area (Å²) in [6.07, 6.45) is 5.70. The largest absolute Gasteiger partial charge is 0.326 e. The molecule has 0 fully saturated rings. The highest BCUT2D eigenvalue weighted by Crippen LogP contribution is 2.32. The van der Waals surface area contributed by atoms with Crippen LogP contribution in [0.4, 0.5) is 0 Å². The molecule has 1 aliphatic heterocycles. The zero-order chi connectivity index (χ0) is 12.4. The van der Waals surface area contributed by atoms with Crippen molar-refractivity contribution >= 4 is 21.4 Å². The first-order valence-corrected chi connectivity index (χ1v) is 7.27. The van der Waals surface area contributed by atoms with Crippen LogP contribution in [0.2, 0.25) is 0 Å². The maximum atomic E-state index is 5.90. The van der Waals surface area contributed by atoms with E-state index in [9.17, 15) is 0 Å². The van der Waals surface area contributed by atoms with E-state index < -0.39 is 0 Å². The topological polar surface area (TPSA) is 29.3 Å². The Balaban J connectivity index is 1.96. The van der Waals surface area contributed by atoms with E-state index in [1.54, 1.807) is 0 Å². The fraction of sp³-hybridized carbons (Fsp3) is 0.333. The number of hydrogen-bond donors (Lipinski definition) is 1. The predicted molar refractivity (Wildman–Crippen MR) is 78.8 cm³/mol. The molecule has 0 unspecified atom stereocenters. The van der Waals surface area contributed by atoms with Gasteiger partial charge < -0.3 is 5.73 Å². The summed E-state index contributed by atoms with van der Waals surface area (Å²) < 4.78 is 1.36. The summed E-state index contributed by atoms with van der Waals surface area (Å²) in [4.78, 5) is 3.83. The van der Waals surface area contributed by atoms with Gasteiger partial charge in [0.15, 0.2) is 0 Å². The molecule has 2 nitrogen and oxygen atoms in total. The van der Waals surface area contributed by atoms with Crippen LogP contribution in [-0.2, 0) is 13.1 Å². The first-order valence-electron chi connectivity index (χ1n) is 6.45. The van der Waals surface area contributed by atoms with Gasteiger partial charge in [0.05, 0.1) is 0 Å². The summed E-state index contributed by atoms with van der Waals surface area (Å²) in [6.45, 7) is 3.90. The van der Waals surface area contributed by atoms with Crippen molar-refractivity contribution in [2.75, 3.05) is 13.1 Å². The van der Waals surface area contributed by atoms with E-state index >= 15 is 0 Å². The van der Waals surface area contributed by atoms with Crippen molar-refractivity contribution in [3.63, 3.8) is 0 Å². The number of hydrogen-bond acceptors (Lipinski definition) is 3. The molecule has 94 valence electrons. The summed E-state index contributed by atoms with van der Waals surface area (Å²) in [5.41, 5.74) is 7.34. The number of nitrogens with two attached hydrogens (primary N) is 1. The molecule has 2 N–H and O–H groups in total. The molecule has 0 bridgehead atoms. The Morgan fingerprint density at radius 2 is 2.11 bits per heavy atom. The average Bonchev–Trinajstić information content (AvgIpc) is 2.78. The Morgan fingerprint density at radius 1 is 1.22 bits per heavy atom. The summed E-state index contributed by atoms with van der Waals surface area (Å²) >= 11 is 1.84. The molecule has 18 heavy (non-hydrogen) atoms. The molecule has 0 spiro atoms. The second kappa shape index (κ2) is 5.22. The van der Waals surface area contributed by atoms with Gasteiger partial charge in [0.25, 0.3) is 0 Å². The molecular formula is C15H18N2S. The highest BCUT2D eigenvalue weighted by atomic mass is 32.1. The van der Waals surface area contributed by atoms with Crippen molar-refractivity contribution in [2.45, 2.75) is 19.5 Å². The molecule has 0 amide bonds. The maximum absolute atomic E-state index is 5.90. The van der Waals surface area contributed by atoms with Gasteiger partial charge >= 0.3 is 0 Å². The Hall–Kier alpha value is -1.16. The van der Waals surface area contributed by atoms with Crippen LogP contribution in [0.5, 0.6) is 0 Å². The Kier molecular flexibility index (Phi) is 3.46. The van der Waals surface area contributed by atoms with Crippen molar-refractivity contribution in [3.8, 4) is 0 Å². The molecule has 0 atom stereocenters. The van der Waals surface area contributed by atoms with E-state index in [0.29, 0.717) is 6.54 Å². The smallest absolute Gasteiger partial charge is 0.0349 e. The molecule has 0 saturated carbocycles. The van der Waals surface area contributed by atoms with Crippen molar-refractivity contribution in [2.24, 2.45) is 5.73 Å². The second-order valence-electron chi connectivity index (χ2n) is 4.70. The van der Waals surface area contributed by atoms with Crippen LogP contribution in [0.3, 0.4) is 0 Å². The minimum absolute atomic E-state index is 0.651. The Morgan fingerprint density at radius 3 is 2.89 bits per heavy atom. The van der Waals surface area contributed by atoms with Crippen LogP contribution < -0.4 is 5.73 Å². The molecule has 2 heterocycles. The van der Waals surface area contributed by atoms with Gasteiger partial charge in [-0.15, -0.1) is 11.3 Å². The van der Waals surface area contributed by atoms with E-state index in [1.807, 2.05) is 11.3 Å².